The van der Waals surface area contributed by atoms with Gasteiger partial charge in [-0.25, -0.2) is 4.79 Å². The van der Waals surface area contributed by atoms with Crippen LogP contribution in [0.2, 0.25) is 0 Å². The number of carbonyl (C=O) groups excluding carboxylic acids is 1. The highest BCUT2D eigenvalue weighted by molar-refractivity contribution is 5.88. The van der Waals surface area contributed by atoms with Gasteiger partial charge in [-0.1, -0.05) is 0 Å². The molecule has 1 atom stereocenters. The maximum atomic E-state index is 10.3. The standard InChI is InChI=1S/C7H15NO3.C6H8O7/c1-8(2,3)5-6(9)4-7(10)11;7-3(8)1-6(13,5(11)12)2-4(9)10/h6,9H,4-5H2,1-3H3;13H,1-2H2,(H,7,8)(H,9,10)(H,11,12)/t6-;/m1./s1. The summed E-state index contributed by atoms with van der Waals surface area (Å²) in [5, 5.41) is 52.9. The number of carboxylic acids is 4. The van der Waals surface area contributed by atoms with E-state index in [9.17, 15) is 24.3 Å². The molecule has 0 bridgehead atoms. The van der Waals surface area contributed by atoms with Gasteiger partial charge in [0.25, 0.3) is 0 Å². The number of likely N-dealkylation sites (N-methyl/N-ethyl adjacent to an activating group) is 1. The van der Waals surface area contributed by atoms with Gasteiger partial charge in [0.2, 0.25) is 0 Å². The number of rotatable bonds is 9. The molecular formula is C13H23NO10. The molecule has 0 amide bonds. The quantitative estimate of drug-likeness (QED) is 0.266. The third-order valence-corrected chi connectivity index (χ3v) is 2.45. The van der Waals surface area contributed by atoms with Crippen molar-refractivity contribution >= 4 is 23.9 Å². The summed E-state index contributed by atoms with van der Waals surface area (Å²) in [4.78, 5) is 40.5. The summed E-state index contributed by atoms with van der Waals surface area (Å²) in [6.45, 7) is 0.425. The van der Waals surface area contributed by atoms with Gasteiger partial charge in [0.15, 0.2) is 5.60 Å². The normalized spacial score (nSPS) is 12.5. The topological polar surface area (TPSA) is 192 Å². The molecule has 0 aliphatic heterocycles. The Hall–Kier alpha value is -2.24. The zero-order valence-electron chi connectivity index (χ0n) is 13.6. The van der Waals surface area contributed by atoms with E-state index in [1.807, 2.05) is 21.1 Å². The lowest BCUT2D eigenvalue weighted by Gasteiger charge is -2.26. The molecule has 0 aliphatic rings. The van der Waals surface area contributed by atoms with Crippen molar-refractivity contribution in [1.29, 1.82) is 0 Å². The first-order valence-corrected chi connectivity index (χ1v) is 6.67. The zero-order chi connectivity index (χ0) is 19.7. The molecule has 0 heterocycles. The summed E-state index contributed by atoms with van der Waals surface area (Å²) >= 11 is 0. The summed E-state index contributed by atoms with van der Waals surface area (Å²) in [5.41, 5.74) is -2.74. The Bertz CT molecular complexity index is 452. The second kappa shape index (κ2) is 9.80. The van der Waals surface area contributed by atoms with E-state index in [1.54, 1.807) is 0 Å². The molecule has 0 aromatic rings. The van der Waals surface area contributed by atoms with Gasteiger partial charge in [-0.3, -0.25) is 9.59 Å². The summed E-state index contributed by atoms with van der Waals surface area (Å²) in [6, 6.07) is 0. The van der Waals surface area contributed by atoms with Crippen molar-refractivity contribution in [3.8, 4) is 0 Å². The first-order chi connectivity index (χ1) is 10.6. The lowest BCUT2D eigenvalue weighted by molar-refractivity contribution is -0.873. The summed E-state index contributed by atoms with van der Waals surface area (Å²) < 4.78 is 0.550. The van der Waals surface area contributed by atoms with Crippen LogP contribution in [0.5, 0.6) is 0 Å². The summed E-state index contributed by atoms with van der Waals surface area (Å²) in [6.07, 6.45) is -3.38. The molecule has 0 aromatic heterocycles. The monoisotopic (exact) mass is 353 g/mol. The second-order valence-corrected chi connectivity index (χ2v) is 6.18. The fourth-order valence-corrected chi connectivity index (χ4v) is 1.60. The van der Waals surface area contributed by atoms with Crippen LogP contribution in [0.1, 0.15) is 19.3 Å². The van der Waals surface area contributed by atoms with Gasteiger partial charge >= 0.3 is 17.9 Å². The van der Waals surface area contributed by atoms with Crippen LogP contribution in [0.3, 0.4) is 0 Å². The molecule has 0 saturated carbocycles. The van der Waals surface area contributed by atoms with E-state index in [4.69, 9.17) is 25.5 Å². The number of aliphatic hydroxyl groups excluding tert-OH is 1. The number of hydrogen-bond donors (Lipinski definition) is 5. The average molecular weight is 353 g/mol. The van der Waals surface area contributed by atoms with Crippen molar-refractivity contribution in [2.45, 2.75) is 31.0 Å². The minimum atomic E-state index is -2.74. The molecule has 0 fully saturated rings. The SMILES string of the molecule is C[N+](C)(C)C[C@H](O)CC(=O)[O-].O=C(O)CC(O)(CC(=O)O)C(=O)O. The van der Waals surface area contributed by atoms with Crippen molar-refractivity contribution in [2.24, 2.45) is 0 Å². The number of carboxylic acid groups (broad SMARTS) is 4. The minimum absolute atomic E-state index is 0.282. The molecule has 0 aliphatic carbocycles. The molecule has 11 heteroatoms. The molecule has 11 nitrogen and oxygen atoms in total. The molecule has 0 rings (SSSR count). The first kappa shape index (κ1) is 24.0. The third-order valence-electron chi connectivity index (χ3n) is 2.45. The molecular weight excluding hydrogens is 330 g/mol. The van der Waals surface area contributed by atoms with Gasteiger partial charge in [0.05, 0.1) is 34.0 Å². The van der Waals surface area contributed by atoms with Gasteiger partial charge in [0.1, 0.15) is 12.6 Å². The molecule has 0 saturated heterocycles. The van der Waals surface area contributed by atoms with Gasteiger partial charge in [0, 0.05) is 12.4 Å². The summed E-state index contributed by atoms with van der Waals surface area (Å²) in [5.74, 6) is -6.22. The maximum Gasteiger partial charge on any atom is 0.336 e. The molecule has 0 aromatic carbocycles. The molecule has 0 unspecified atom stereocenters. The number of aliphatic hydroxyl groups is 2. The van der Waals surface area contributed by atoms with Gasteiger partial charge in [-0.15, -0.1) is 0 Å². The molecule has 24 heavy (non-hydrogen) atoms. The van der Waals surface area contributed by atoms with E-state index in [-0.39, 0.29) is 6.42 Å². The van der Waals surface area contributed by atoms with Crippen molar-refractivity contribution in [3.05, 3.63) is 0 Å². The van der Waals surface area contributed by atoms with Crippen LogP contribution in [0, 0.1) is 0 Å². The average Bonchev–Trinajstić information content (AvgIpc) is 2.22. The predicted octanol–water partition coefficient (Wildman–Crippen LogP) is -3.05. The van der Waals surface area contributed by atoms with E-state index in [0.717, 1.165) is 0 Å². The molecule has 140 valence electrons. The highest BCUT2D eigenvalue weighted by atomic mass is 16.4. The van der Waals surface area contributed by atoms with E-state index in [2.05, 4.69) is 0 Å². The zero-order valence-corrected chi connectivity index (χ0v) is 13.6. The van der Waals surface area contributed by atoms with Crippen LogP contribution in [0.25, 0.3) is 0 Å². The lowest BCUT2D eigenvalue weighted by Crippen LogP contribution is -2.43. The highest BCUT2D eigenvalue weighted by Crippen LogP contribution is 2.15. The first-order valence-electron chi connectivity index (χ1n) is 6.67. The number of carbonyl (C=O) groups is 4. The van der Waals surface area contributed by atoms with Crippen LogP contribution in [0.15, 0.2) is 0 Å². The number of aliphatic carboxylic acids is 4. The van der Waals surface area contributed by atoms with Crippen LogP contribution in [-0.4, -0.2) is 93.3 Å². The fraction of sp³-hybridized carbons (Fsp3) is 0.692. The molecule has 0 spiro atoms. The summed E-state index contributed by atoms with van der Waals surface area (Å²) in [7, 11) is 5.66. The number of quaternary nitrogens is 1. The van der Waals surface area contributed by atoms with Crippen LogP contribution >= 0.6 is 0 Å². The van der Waals surface area contributed by atoms with E-state index < -0.39 is 48.4 Å². The smallest absolute Gasteiger partial charge is 0.336 e. The van der Waals surface area contributed by atoms with Crippen LogP contribution in [0.4, 0.5) is 0 Å². The van der Waals surface area contributed by atoms with Crippen molar-refractivity contribution in [1.82, 2.24) is 0 Å². The van der Waals surface area contributed by atoms with Gasteiger partial charge in [-0.2, -0.15) is 0 Å². The van der Waals surface area contributed by atoms with Crippen LogP contribution < -0.4 is 5.11 Å². The predicted molar refractivity (Wildman–Crippen MR) is 75.6 cm³/mol. The largest absolute Gasteiger partial charge is 0.550 e. The van der Waals surface area contributed by atoms with Crippen molar-refractivity contribution in [2.75, 3.05) is 27.7 Å². The van der Waals surface area contributed by atoms with Crippen molar-refractivity contribution < 1.29 is 54.3 Å². The molecule has 5 N–H and O–H groups in total. The lowest BCUT2D eigenvalue weighted by atomic mass is 9.96. The van der Waals surface area contributed by atoms with E-state index in [1.165, 1.54) is 0 Å². The minimum Gasteiger partial charge on any atom is -0.550 e. The van der Waals surface area contributed by atoms with Crippen LogP contribution in [-0.2, 0) is 19.2 Å². The van der Waals surface area contributed by atoms with E-state index >= 15 is 0 Å². The maximum absolute atomic E-state index is 10.3. The Labute approximate surface area is 138 Å². The Morgan fingerprint density at radius 1 is 1.00 bits per heavy atom. The van der Waals surface area contributed by atoms with Gasteiger partial charge < -0.3 is 39.9 Å². The van der Waals surface area contributed by atoms with Crippen molar-refractivity contribution in [3.63, 3.8) is 0 Å². The number of hydrogen-bond acceptors (Lipinski definition) is 7. The Morgan fingerprint density at radius 3 is 1.58 bits per heavy atom. The van der Waals surface area contributed by atoms with Gasteiger partial charge in [-0.05, 0) is 0 Å². The Balaban J connectivity index is 0. The highest BCUT2D eigenvalue weighted by Gasteiger charge is 2.40. The van der Waals surface area contributed by atoms with E-state index in [0.29, 0.717) is 11.0 Å². The molecule has 0 radical (unpaired) electrons. The second-order valence-electron chi connectivity index (χ2n) is 6.18. The fourth-order valence-electron chi connectivity index (χ4n) is 1.60. The Kier molecular flexibility index (Phi) is 9.81. The third kappa shape index (κ3) is 13.4. The number of nitrogens with zero attached hydrogens (tertiary/aromatic N) is 1. The Morgan fingerprint density at radius 2 is 1.38 bits per heavy atom.